The lowest BCUT2D eigenvalue weighted by atomic mass is 10.1. The van der Waals surface area contributed by atoms with E-state index in [1.54, 1.807) is 13.2 Å². The highest BCUT2D eigenvalue weighted by Gasteiger charge is 2.12. The normalized spacial score (nSPS) is 10.3. The van der Waals surface area contributed by atoms with E-state index >= 15 is 0 Å². The molecule has 4 nitrogen and oxygen atoms in total. The minimum Gasteiger partial charge on any atom is -0.494 e. The molecule has 0 N–H and O–H groups in total. The lowest BCUT2D eigenvalue weighted by molar-refractivity contribution is -0.134. The van der Waals surface area contributed by atoms with Crippen molar-refractivity contribution in [1.29, 1.82) is 0 Å². The van der Waals surface area contributed by atoms with Crippen LogP contribution in [-0.2, 0) is 17.6 Å². The molecule has 2 rings (SSSR count). The summed E-state index contributed by atoms with van der Waals surface area (Å²) in [6, 6.07) is 13.4. The van der Waals surface area contributed by atoms with Crippen molar-refractivity contribution < 1.29 is 19.0 Å². The molecular formula is C20H24O4. The van der Waals surface area contributed by atoms with E-state index in [9.17, 15) is 4.79 Å². The topological polar surface area (TPSA) is 44.8 Å². The van der Waals surface area contributed by atoms with Gasteiger partial charge in [-0.05, 0) is 49.1 Å². The maximum absolute atomic E-state index is 12.2. The highest BCUT2D eigenvalue weighted by Crippen LogP contribution is 2.29. The van der Waals surface area contributed by atoms with Crippen LogP contribution in [0.4, 0.5) is 0 Å². The quantitative estimate of drug-likeness (QED) is 0.538. The zero-order valence-electron chi connectivity index (χ0n) is 14.5. The predicted octanol–water partition coefficient (Wildman–Crippen LogP) is 4.19. The Kier molecular flexibility index (Phi) is 6.67. The van der Waals surface area contributed by atoms with E-state index in [2.05, 4.69) is 6.92 Å². The molecule has 0 radical (unpaired) electrons. The first-order valence-electron chi connectivity index (χ1n) is 8.26. The summed E-state index contributed by atoms with van der Waals surface area (Å²) in [4.78, 5) is 12.2. The molecule has 0 amide bonds. The van der Waals surface area contributed by atoms with Gasteiger partial charge in [0, 0.05) is 0 Å². The van der Waals surface area contributed by atoms with Crippen LogP contribution in [0.15, 0.2) is 42.5 Å². The molecule has 0 fully saturated rings. The third-order valence-electron chi connectivity index (χ3n) is 3.73. The van der Waals surface area contributed by atoms with Crippen LogP contribution >= 0.6 is 0 Å². The van der Waals surface area contributed by atoms with Gasteiger partial charge in [0.05, 0.1) is 20.1 Å². The first-order chi connectivity index (χ1) is 11.7. The van der Waals surface area contributed by atoms with Crippen LogP contribution in [0.25, 0.3) is 0 Å². The minimum absolute atomic E-state index is 0.281. The number of carbonyl (C=O) groups excluding carboxylic acids is 1. The van der Waals surface area contributed by atoms with Gasteiger partial charge in [0.1, 0.15) is 5.75 Å². The van der Waals surface area contributed by atoms with Gasteiger partial charge in [0.2, 0.25) is 0 Å². The molecule has 0 saturated heterocycles. The van der Waals surface area contributed by atoms with Crippen LogP contribution in [0.3, 0.4) is 0 Å². The van der Waals surface area contributed by atoms with Crippen LogP contribution in [-0.4, -0.2) is 19.7 Å². The number of benzene rings is 2. The molecule has 0 spiro atoms. The minimum atomic E-state index is -0.288. The van der Waals surface area contributed by atoms with Gasteiger partial charge in [-0.1, -0.05) is 31.2 Å². The van der Waals surface area contributed by atoms with Crippen LogP contribution in [0.1, 0.15) is 31.4 Å². The first kappa shape index (κ1) is 17.9. The number of ether oxygens (including phenoxy) is 3. The second kappa shape index (κ2) is 8.96. The maximum Gasteiger partial charge on any atom is 0.311 e. The Labute approximate surface area is 143 Å². The molecular weight excluding hydrogens is 304 g/mol. The molecule has 24 heavy (non-hydrogen) atoms. The standard InChI is InChI=1S/C20H24O4/c1-4-15-10-12-18(19(14-15)22-3)24-20(21)13-11-16-8-6-7-9-17(16)23-5-2/h6-10,12,14H,4-5,11,13H2,1-3H3. The van der Waals surface area contributed by atoms with Crippen LogP contribution < -0.4 is 14.2 Å². The molecule has 0 aliphatic heterocycles. The van der Waals surface area contributed by atoms with Crippen molar-refractivity contribution in [2.75, 3.05) is 13.7 Å². The first-order valence-corrected chi connectivity index (χ1v) is 8.26. The zero-order valence-corrected chi connectivity index (χ0v) is 14.5. The van der Waals surface area contributed by atoms with E-state index in [0.29, 0.717) is 24.5 Å². The van der Waals surface area contributed by atoms with Gasteiger partial charge in [-0.25, -0.2) is 0 Å². The molecule has 0 unspecified atom stereocenters. The zero-order chi connectivity index (χ0) is 17.4. The average Bonchev–Trinajstić information content (AvgIpc) is 2.61. The molecule has 2 aromatic carbocycles. The third kappa shape index (κ3) is 4.75. The largest absolute Gasteiger partial charge is 0.494 e. The van der Waals surface area contributed by atoms with Crippen molar-refractivity contribution in [2.24, 2.45) is 0 Å². The van der Waals surface area contributed by atoms with Gasteiger partial charge in [0.25, 0.3) is 0 Å². The lowest BCUT2D eigenvalue weighted by Gasteiger charge is -2.12. The number of carbonyl (C=O) groups is 1. The molecule has 0 bridgehead atoms. The lowest BCUT2D eigenvalue weighted by Crippen LogP contribution is -2.10. The molecule has 0 aromatic heterocycles. The summed E-state index contributed by atoms with van der Waals surface area (Å²) in [6.45, 7) is 4.61. The highest BCUT2D eigenvalue weighted by atomic mass is 16.6. The van der Waals surface area contributed by atoms with Crippen molar-refractivity contribution in [2.45, 2.75) is 33.1 Å². The Balaban J connectivity index is 1.99. The van der Waals surface area contributed by atoms with Crippen LogP contribution in [0.2, 0.25) is 0 Å². The number of para-hydroxylation sites is 1. The summed E-state index contributed by atoms with van der Waals surface area (Å²) in [7, 11) is 1.57. The molecule has 4 heteroatoms. The number of rotatable bonds is 8. The van der Waals surface area contributed by atoms with Crippen molar-refractivity contribution in [3.63, 3.8) is 0 Å². The summed E-state index contributed by atoms with van der Waals surface area (Å²) < 4.78 is 16.3. The van der Waals surface area contributed by atoms with Crippen LogP contribution in [0, 0.1) is 0 Å². The number of esters is 1. The Bertz CT molecular complexity index is 679. The molecule has 0 saturated carbocycles. The Morgan fingerprint density at radius 2 is 1.79 bits per heavy atom. The fourth-order valence-corrected chi connectivity index (χ4v) is 2.43. The second-order valence-corrected chi connectivity index (χ2v) is 5.35. The summed E-state index contributed by atoms with van der Waals surface area (Å²) in [5, 5.41) is 0. The fourth-order valence-electron chi connectivity index (χ4n) is 2.43. The van der Waals surface area contributed by atoms with E-state index in [1.165, 1.54) is 0 Å². The van der Waals surface area contributed by atoms with Crippen molar-refractivity contribution in [3.8, 4) is 17.2 Å². The molecule has 128 valence electrons. The summed E-state index contributed by atoms with van der Waals surface area (Å²) in [6.07, 6.45) is 1.76. The van der Waals surface area contributed by atoms with E-state index in [1.807, 2.05) is 43.3 Å². The molecule has 0 atom stereocenters. The number of methoxy groups -OCH3 is 1. The third-order valence-corrected chi connectivity index (χ3v) is 3.73. The summed E-state index contributed by atoms with van der Waals surface area (Å²) in [5.74, 6) is 1.57. The van der Waals surface area contributed by atoms with Gasteiger partial charge >= 0.3 is 5.97 Å². The Morgan fingerprint density at radius 3 is 2.50 bits per heavy atom. The van der Waals surface area contributed by atoms with Crippen molar-refractivity contribution >= 4 is 5.97 Å². The number of hydrogen-bond acceptors (Lipinski definition) is 4. The van der Waals surface area contributed by atoms with Gasteiger partial charge < -0.3 is 14.2 Å². The maximum atomic E-state index is 12.2. The van der Waals surface area contributed by atoms with E-state index in [0.717, 1.165) is 23.3 Å². The van der Waals surface area contributed by atoms with Gasteiger partial charge in [-0.3, -0.25) is 4.79 Å². The Morgan fingerprint density at radius 1 is 1.00 bits per heavy atom. The van der Waals surface area contributed by atoms with Crippen molar-refractivity contribution in [3.05, 3.63) is 53.6 Å². The summed E-state index contributed by atoms with van der Waals surface area (Å²) in [5.41, 5.74) is 2.14. The monoisotopic (exact) mass is 328 g/mol. The SMILES string of the molecule is CCOc1ccccc1CCC(=O)Oc1ccc(CC)cc1OC. The number of aryl methyl sites for hydroxylation is 2. The molecule has 0 aliphatic carbocycles. The highest BCUT2D eigenvalue weighted by molar-refractivity contribution is 5.73. The van der Waals surface area contributed by atoms with Crippen molar-refractivity contribution in [1.82, 2.24) is 0 Å². The fraction of sp³-hybridized carbons (Fsp3) is 0.350. The second-order valence-electron chi connectivity index (χ2n) is 5.35. The van der Waals surface area contributed by atoms with E-state index in [4.69, 9.17) is 14.2 Å². The smallest absolute Gasteiger partial charge is 0.311 e. The Hall–Kier alpha value is -2.49. The molecule has 0 aliphatic rings. The average molecular weight is 328 g/mol. The van der Waals surface area contributed by atoms with E-state index in [-0.39, 0.29) is 12.4 Å². The summed E-state index contributed by atoms with van der Waals surface area (Å²) >= 11 is 0. The van der Waals surface area contributed by atoms with Gasteiger partial charge in [-0.2, -0.15) is 0 Å². The van der Waals surface area contributed by atoms with E-state index < -0.39 is 0 Å². The number of hydrogen-bond donors (Lipinski definition) is 0. The molecule has 2 aromatic rings. The van der Waals surface area contributed by atoms with Gasteiger partial charge in [-0.15, -0.1) is 0 Å². The van der Waals surface area contributed by atoms with Crippen LogP contribution in [0.5, 0.6) is 17.2 Å². The molecule has 0 heterocycles. The van der Waals surface area contributed by atoms with Gasteiger partial charge in [0.15, 0.2) is 11.5 Å². The predicted molar refractivity (Wildman–Crippen MR) is 93.9 cm³/mol.